The fourth-order valence-electron chi connectivity index (χ4n) is 4.05. The quantitative estimate of drug-likeness (QED) is 0.273. The number of benzene rings is 3. The molecular weight excluding hydrogens is 480 g/mol. The van der Waals surface area contributed by atoms with Crippen molar-refractivity contribution in [2.24, 2.45) is 0 Å². The highest BCUT2D eigenvalue weighted by Crippen LogP contribution is 2.37. The largest absolute Gasteiger partial charge is 0.493 e. The Morgan fingerprint density at radius 1 is 0.972 bits per heavy atom. The Morgan fingerprint density at radius 3 is 2.64 bits per heavy atom. The van der Waals surface area contributed by atoms with Crippen LogP contribution >= 0.6 is 11.6 Å². The molecule has 36 heavy (non-hydrogen) atoms. The van der Waals surface area contributed by atoms with E-state index in [1.54, 1.807) is 13.2 Å². The van der Waals surface area contributed by atoms with Gasteiger partial charge >= 0.3 is 0 Å². The van der Waals surface area contributed by atoms with Gasteiger partial charge in [-0.1, -0.05) is 11.6 Å². The van der Waals surface area contributed by atoms with E-state index in [1.165, 1.54) is 6.33 Å². The summed E-state index contributed by atoms with van der Waals surface area (Å²) in [5.74, 6) is 3.97. The summed E-state index contributed by atoms with van der Waals surface area (Å²) in [6, 6.07) is 14.9. The first-order chi connectivity index (χ1) is 17.6. The molecule has 182 valence electrons. The minimum absolute atomic E-state index is 0.113. The maximum Gasteiger partial charge on any atom is 0.162 e. The van der Waals surface area contributed by atoms with E-state index in [0.717, 1.165) is 46.5 Å². The molecule has 1 aliphatic rings. The molecule has 3 heterocycles. The van der Waals surface area contributed by atoms with Gasteiger partial charge in [0.2, 0.25) is 0 Å². The number of nitrogens with zero attached hydrogens (tertiary/aromatic N) is 3. The average molecular weight is 503 g/mol. The zero-order valence-corrected chi connectivity index (χ0v) is 20.4. The van der Waals surface area contributed by atoms with E-state index in [1.807, 2.05) is 49.4 Å². The lowest BCUT2D eigenvalue weighted by atomic mass is 10.2. The third kappa shape index (κ3) is 4.34. The molecular formula is C26H23ClN6O3. The zero-order chi connectivity index (χ0) is 24.6. The lowest BCUT2D eigenvalue weighted by molar-refractivity contribution is 0.137. The van der Waals surface area contributed by atoms with Crippen molar-refractivity contribution in [2.45, 2.75) is 13.0 Å². The summed E-state index contributed by atoms with van der Waals surface area (Å²) in [4.78, 5) is 16.5. The van der Waals surface area contributed by atoms with Gasteiger partial charge in [-0.05, 0) is 43.3 Å². The highest BCUT2D eigenvalue weighted by atomic mass is 35.5. The molecule has 3 aromatic carbocycles. The molecule has 1 aliphatic heterocycles. The van der Waals surface area contributed by atoms with Gasteiger partial charge in [0.15, 0.2) is 11.5 Å². The Kier molecular flexibility index (Phi) is 5.71. The van der Waals surface area contributed by atoms with Crippen molar-refractivity contribution in [3.05, 3.63) is 65.7 Å². The van der Waals surface area contributed by atoms with Crippen LogP contribution in [0, 0.1) is 6.92 Å². The first-order valence-electron chi connectivity index (χ1n) is 11.5. The number of H-pyrrole nitrogens is 1. The average Bonchev–Trinajstić information content (AvgIpc) is 3.22. The molecule has 0 unspecified atom stereocenters. The van der Waals surface area contributed by atoms with Crippen LogP contribution in [0.5, 0.6) is 23.0 Å². The van der Waals surface area contributed by atoms with E-state index in [4.69, 9.17) is 25.8 Å². The number of anilines is 2. The van der Waals surface area contributed by atoms with Gasteiger partial charge in [-0.2, -0.15) is 0 Å². The number of aromatic amines is 1. The van der Waals surface area contributed by atoms with Crippen molar-refractivity contribution in [1.29, 1.82) is 0 Å². The lowest BCUT2D eigenvalue weighted by Gasteiger charge is -2.28. The molecule has 0 saturated carbocycles. The Balaban J connectivity index is 1.26. The van der Waals surface area contributed by atoms with Crippen LogP contribution in [0.3, 0.4) is 0 Å². The first kappa shape index (κ1) is 22.4. The number of aryl methyl sites for hydroxylation is 1. The van der Waals surface area contributed by atoms with Crippen LogP contribution in [-0.2, 0) is 0 Å². The molecule has 0 spiro atoms. The summed E-state index contributed by atoms with van der Waals surface area (Å²) in [5, 5.41) is 7.81. The van der Waals surface area contributed by atoms with Crippen molar-refractivity contribution in [3.63, 3.8) is 0 Å². The fourth-order valence-corrected chi connectivity index (χ4v) is 4.26. The molecule has 5 aromatic rings. The van der Waals surface area contributed by atoms with Gasteiger partial charge in [-0.3, -0.25) is 0 Å². The second-order valence-corrected chi connectivity index (χ2v) is 8.92. The molecule has 1 fully saturated rings. The highest BCUT2D eigenvalue weighted by Gasteiger charge is 2.21. The Morgan fingerprint density at radius 2 is 1.86 bits per heavy atom. The second kappa shape index (κ2) is 9.18. The van der Waals surface area contributed by atoms with Crippen LogP contribution in [0.2, 0.25) is 5.02 Å². The van der Waals surface area contributed by atoms with E-state index in [2.05, 4.69) is 30.6 Å². The number of imidazole rings is 1. The van der Waals surface area contributed by atoms with Crippen molar-refractivity contribution >= 4 is 45.0 Å². The number of rotatable bonds is 7. The first-order valence-corrected chi connectivity index (χ1v) is 11.8. The third-order valence-corrected chi connectivity index (χ3v) is 6.25. The molecule has 0 radical (unpaired) electrons. The van der Waals surface area contributed by atoms with Crippen molar-refractivity contribution in [2.75, 3.05) is 25.5 Å². The molecule has 0 amide bonds. The number of aromatic nitrogens is 4. The minimum Gasteiger partial charge on any atom is -0.493 e. The summed E-state index contributed by atoms with van der Waals surface area (Å²) < 4.78 is 17.6. The molecule has 6 rings (SSSR count). The molecule has 9 nitrogen and oxygen atoms in total. The zero-order valence-electron chi connectivity index (χ0n) is 19.6. The third-order valence-electron chi connectivity index (χ3n) is 5.95. The summed E-state index contributed by atoms with van der Waals surface area (Å²) in [5.41, 5.74) is 3.29. The summed E-state index contributed by atoms with van der Waals surface area (Å²) in [7, 11) is 1.62. The van der Waals surface area contributed by atoms with Gasteiger partial charge in [-0.25, -0.2) is 15.0 Å². The number of methoxy groups -OCH3 is 1. The molecule has 2 aromatic heterocycles. The maximum atomic E-state index is 6.57. The normalized spacial score (nSPS) is 13.5. The van der Waals surface area contributed by atoms with Gasteiger partial charge in [0.05, 0.1) is 28.7 Å². The van der Waals surface area contributed by atoms with Crippen molar-refractivity contribution in [1.82, 2.24) is 25.3 Å². The molecule has 0 bridgehead atoms. The Hall–Kier alpha value is -4.08. The number of ether oxygens (including phenoxy) is 3. The number of nitrogens with one attached hydrogen (secondary N) is 3. The lowest BCUT2D eigenvalue weighted by Crippen LogP contribution is -2.50. The van der Waals surface area contributed by atoms with E-state index in [0.29, 0.717) is 33.8 Å². The van der Waals surface area contributed by atoms with Gasteiger partial charge in [0, 0.05) is 36.3 Å². The number of halogens is 1. The Labute approximate surface area is 211 Å². The van der Waals surface area contributed by atoms with E-state index < -0.39 is 0 Å². The smallest absolute Gasteiger partial charge is 0.162 e. The van der Waals surface area contributed by atoms with Crippen LogP contribution in [-0.4, -0.2) is 46.2 Å². The summed E-state index contributed by atoms with van der Waals surface area (Å²) >= 11 is 6.57. The van der Waals surface area contributed by atoms with E-state index in [-0.39, 0.29) is 6.10 Å². The van der Waals surface area contributed by atoms with Crippen LogP contribution in [0.1, 0.15) is 5.82 Å². The van der Waals surface area contributed by atoms with Gasteiger partial charge in [0.1, 0.15) is 35.6 Å². The SMILES string of the molecule is COc1cc2ncnc(Nc3ccc(Oc4ccc5nc(C)[nH]c5c4)c(Cl)c3)c2cc1OC1CNC1. The second-order valence-electron chi connectivity index (χ2n) is 8.51. The predicted molar refractivity (Wildman–Crippen MR) is 139 cm³/mol. The standard InChI is InChI=1S/C26H23ClN6O3/c1-14-31-20-5-4-16(8-22(20)32-14)35-23-6-3-15(7-19(23)27)33-26-18-9-25(36-17-11-28-12-17)24(34-2)10-21(18)29-13-30-26/h3-10,13,17,28H,11-12H2,1-2H3,(H,31,32)(H,29,30,33). The summed E-state index contributed by atoms with van der Waals surface area (Å²) in [6.07, 6.45) is 1.62. The molecule has 10 heteroatoms. The monoisotopic (exact) mass is 502 g/mol. The van der Waals surface area contributed by atoms with E-state index in [9.17, 15) is 0 Å². The van der Waals surface area contributed by atoms with Crippen LogP contribution in [0.4, 0.5) is 11.5 Å². The minimum atomic E-state index is 0.113. The fraction of sp³-hybridized carbons (Fsp3) is 0.192. The molecule has 3 N–H and O–H groups in total. The molecule has 0 aliphatic carbocycles. The van der Waals surface area contributed by atoms with Gasteiger partial charge in [0.25, 0.3) is 0 Å². The van der Waals surface area contributed by atoms with Crippen LogP contribution < -0.4 is 24.8 Å². The number of hydrogen-bond acceptors (Lipinski definition) is 8. The van der Waals surface area contributed by atoms with Crippen molar-refractivity contribution in [3.8, 4) is 23.0 Å². The molecule has 1 saturated heterocycles. The van der Waals surface area contributed by atoms with Gasteiger partial charge in [-0.15, -0.1) is 0 Å². The van der Waals surface area contributed by atoms with Crippen LogP contribution in [0.15, 0.2) is 54.9 Å². The number of fused-ring (bicyclic) bond motifs is 2. The van der Waals surface area contributed by atoms with Crippen LogP contribution in [0.25, 0.3) is 21.9 Å². The van der Waals surface area contributed by atoms with Crippen molar-refractivity contribution < 1.29 is 14.2 Å². The van der Waals surface area contributed by atoms with Gasteiger partial charge < -0.3 is 29.8 Å². The predicted octanol–water partition coefficient (Wildman–Crippen LogP) is 5.36. The highest BCUT2D eigenvalue weighted by molar-refractivity contribution is 6.32. The molecule has 0 atom stereocenters. The topological polar surface area (TPSA) is 106 Å². The number of hydrogen-bond donors (Lipinski definition) is 3. The summed E-state index contributed by atoms with van der Waals surface area (Å²) in [6.45, 7) is 3.53. The Bertz CT molecular complexity index is 1580. The maximum absolute atomic E-state index is 6.57. The van der Waals surface area contributed by atoms with E-state index >= 15 is 0 Å².